The number of thiophene rings is 2. The first-order valence-corrected chi connectivity index (χ1v) is 11.6. The summed E-state index contributed by atoms with van der Waals surface area (Å²) in [4.78, 5) is 25.6. The SMILES string of the molecule is CCC(C#N)C(=O)c1ccc(C(=O)N/N=C(\C)c2csc(-c3ccc(C(F)(F)F)cc3)c2O)s1. The molecule has 0 spiro atoms. The van der Waals surface area contributed by atoms with Gasteiger partial charge >= 0.3 is 6.18 Å². The molecule has 0 aliphatic rings. The van der Waals surface area contributed by atoms with Gasteiger partial charge in [-0.1, -0.05) is 19.1 Å². The lowest BCUT2D eigenvalue weighted by Crippen LogP contribution is -2.18. The average molecular weight is 506 g/mol. The predicted octanol–water partition coefficient (Wildman–Crippen LogP) is 6.09. The fraction of sp³-hybridized carbons (Fsp3) is 0.217. The van der Waals surface area contributed by atoms with E-state index in [2.05, 4.69) is 10.5 Å². The van der Waals surface area contributed by atoms with Crippen molar-refractivity contribution in [3.8, 4) is 22.3 Å². The van der Waals surface area contributed by atoms with Crippen LogP contribution in [0, 0.1) is 17.2 Å². The van der Waals surface area contributed by atoms with E-state index in [1.165, 1.54) is 24.3 Å². The third-order valence-corrected chi connectivity index (χ3v) is 7.02. The highest BCUT2D eigenvalue weighted by Gasteiger charge is 2.30. The summed E-state index contributed by atoms with van der Waals surface area (Å²) >= 11 is 2.08. The predicted molar refractivity (Wildman–Crippen MR) is 124 cm³/mol. The van der Waals surface area contributed by atoms with Crippen LogP contribution in [0.5, 0.6) is 5.75 Å². The molecule has 0 saturated carbocycles. The van der Waals surface area contributed by atoms with Crippen LogP contribution in [0.25, 0.3) is 10.4 Å². The summed E-state index contributed by atoms with van der Waals surface area (Å²) in [7, 11) is 0. The van der Waals surface area contributed by atoms with Crippen molar-refractivity contribution in [1.82, 2.24) is 5.43 Å². The van der Waals surface area contributed by atoms with Crippen molar-refractivity contribution in [3.63, 3.8) is 0 Å². The van der Waals surface area contributed by atoms with Gasteiger partial charge in [-0.2, -0.15) is 23.5 Å². The fourth-order valence-electron chi connectivity index (χ4n) is 2.97. The number of benzene rings is 1. The molecule has 6 nitrogen and oxygen atoms in total. The molecule has 176 valence electrons. The number of carbonyl (C=O) groups is 2. The fourth-order valence-corrected chi connectivity index (χ4v) is 4.88. The van der Waals surface area contributed by atoms with Crippen LogP contribution < -0.4 is 5.43 Å². The van der Waals surface area contributed by atoms with Gasteiger partial charge in [-0.15, -0.1) is 22.7 Å². The molecule has 3 aromatic rings. The molecule has 1 atom stereocenters. The second kappa shape index (κ2) is 10.2. The van der Waals surface area contributed by atoms with Crippen molar-refractivity contribution in [2.24, 2.45) is 11.0 Å². The van der Waals surface area contributed by atoms with Gasteiger partial charge in [0.1, 0.15) is 11.7 Å². The second-order valence-corrected chi connectivity index (χ2v) is 9.12. The van der Waals surface area contributed by atoms with E-state index in [9.17, 15) is 27.9 Å². The van der Waals surface area contributed by atoms with E-state index in [4.69, 9.17) is 5.26 Å². The smallest absolute Gasteiger partial charge is 0.416 e. The van der Waals surface area contributed by atoms with E-state index in [1.807, 2.05) is 6.07 Å². The van der Waals surface area contributed by atoms with Gasteiger partial charge in [-0.25, -0.2) is 5.43 Å². The quantitative estimate of drug-likeness (QED) is 0.230. The van der Waals surface area contributed by atoms with Crippen molar-refractivity contribution < 1.29 is 27.9 Å². The number of alkyl halides is 3. The lowest BCUT2D eigenvalue weighted by molar-refractivity contribution is -0.137. The molecule has 2 N–H and O–H groups in total. The number of Topliss-reactive ketones (excluding diaryl/α,β-unsaturated/α-hetero) is 1. The minimum atomic E-state index is -4.45. The lowest BCUT2D eigenvalue weighted by atomic mass is 10.0. The Labute approximate surface area is 201 Å². The summed E-state index contributed by atoms with van der Waals surface area (Å²) in [5.41, 5.74) is 2.59. The van der Waals surface area contributed by atoms with Crippen molar-refractivity contribution >= 4 is 40.1 Å². The van der Waals surface area contributed by atoms with Crippen LogP contribution in [0.4, 0.5) is 13.2 Å². The third kappa shape index (κ3) is 5.35. The topological polar surface area (TPSA) is 103 Å². The molecule has 0 fully saturated rings. The zero-order chi connectivity index (χ0) is 25.0. The summed E-state index contributed by atoms with van der Waals surface area (Å²) in [6.07, 6.45) is -4.08. The summed E-state index contributed by atoms with van der Waals surface area (Å²) in [6, 6.07) is 9.32. The van der Waals surface area contributed by atoms with Crippen LogP contribution in [0.3, 0.4) is 0 Å². The van der Waals surface area contributed by atoms with Crippen LogP contribution in [-0.2, 0) is 6.18 Å². The van der Waals surface area contributed by atoms with Gasteiger partial charge in [0, 0.05) is 5.38 Å². The zero-order valence-corrected chi connectivity index (χ0v) is 19.6. The maximum Gasteiger partial charge on any atom is 0.416 e. The van der Waals surface area contributed by atoms with Crippen LogP contribution in [0.1, 0.15) is 50.7 Å². The number of aromatic hydroxyl groups is 1. The summed E-state index contributed by atoms with van der Waals surface area (Å²) in [6.45, 7) is 3.29. The highest BCUT2D eigenvalue weighted by Crippen LogP contribution is 2.40. The van der Waals surface area contributed by atoms with Crippen molar-refractivity contribution in [2.45, 2.75) is 26.4 Å². The molecule has 1 unspecified atom stereocenters. The summed E-state index contributed by atoms with van der Waals surface area (Å²) in [5, 5.41) is 25.2. The van der Waals surface area contributed by atoms with Crippen LogP contribution in [-0.4, -0.2) is 22.5 Å². The number of nitriles is 1. The first-order valence-electron chi connectivity index (χ1n) is 9.93. The first kappa shape index (κ1) is 25.1. The number of halogens is 3. The molecule has 3 rings (SSSR count). The normalized spacial score (nSPS) is 12.8. The number of carbonyl (C=O) groups excluding carboxylic acids is 2. The van der Waals surface area contributed by atoms with Gasteiger partial charge in [-0.3, -0.25) is 9.59 Å². The molecule has 0 aliphatic heterocycles. The molecular weight excluding hydrogens is 487 g/mol. The minimum absolute atomic E-state index is 0.161. The summed E-state index contributed by atoms with van der Waals surface area (Å²) in [5.74, 6) is -1.83. The third-order valence-electron chi connectivity index (χ3n) is 4.91. The van der Waals surface area contributed by atoms with E-state index >= 15 is 0 Å². The zero-order valence-electron chi connectivity index (χ0n) is 17.9. The van der Waals surface area contributed by atoms with Gasteiger partial charge in [0.25, 0.3) is 5.91 Å². The molecule has 0 radical (unpaired) electrons. The average Bonchev–Trinajstić information content (AvgIpc) is 3.45. The summed E-state index contributed by atoms with van der Waals surface area (Å²) < 4.78 is 38.3. The molecular formula is C23H18F3N3O3S2. The Kier molecular flexibility index (Phi) is 7.54. The standard InChI is InChI=1S/C23H18F3N3O3S2/c1-3-13(10-27)19(30)17-8-9-18(34-17)22(32)29-28-12(2)16-11-33-21(20(16)31)14-4-6-15(7-5-14)23(24,25)26/h4-9,11,13,31H,3H2,1-2H3,(H,29,32)/b28-12+. The van der Waals surface area contributed by atoms with E-state index < -0.39 is 23.6 Å². The lowest BCUT2D eigenvalue weighted by Gasteiger charge is -2.07. The number of amides is 1. The van der Waals surface area contributed by atoms with Crippen molar-refractivity contribution in [2.75, 3.05) is 0 Å². The Bertz CT molecular complexity index is 1290. The number of hydrogen-bond acceptors (Lipinski definition) is 7. The maximum atomic E-state index is 12.8. The van der Waals surface area contributed by atoms with E-state index in [1.54, 1.807) is 19.2 Å². The van der Waals surface area contributed by atoms with Gasteiger partial charge in [0.15, 0.2) is 5.78 Å². The van der Waals surface area contributed by atoms with Gasteiger partial charge in [-0.05, 0) is 43.2 Å². The Morgan fingerprint density at radius 3 is 2.41 bits per heavy atom. The van der Waals surface area contributed by atoms with Crippen molar-refractivity contribution in [1.29, 1.82) is 5.26 Å². The number of rotatable bonds is 7. The molecule has 0 aliphatic carbocycles. The number of hydrazone groups is 1. The molecule has 0 bridgehead atoms. The number of hydrogen-bond donors (Lipinski definition) is 2. The maximum absolute atomic E-state index is 12.8. The Morgan fingerprint density at radius 1 is 1.18 bits per heavy atom. The molecule has 1 aromatic carbocycles. The molecule has 11 heteroatoms. The molecule has 0 saturated heterocycles. The van der Waals surface area contributed by atoms with Gasteiger partial charge in [0.2, 0.25) is 0 Å². The second-order valence-electron chi connectivity index (χ2n) is 7.16. The van der Waals surface area contributed by atoms with E-state index in [-0.39, 0.29) is 22.1 Å². The van der Waals surface area contributed by atoms with Crippen molar-refractivity contribution in [3.05, 3.63) is 62.7 Å². The Morgan fingerprint density at radius 2 is 1.82 bits per heavy atom. The van der Waals surface area contributed by atoms with Gasteiger partial charge < -0.3 is 5.11 Å². The number of ketones is 1. The molecule has 2 heterocycles. The van der Waals surface area contributed by atoms with Gasteiger partial charge in [0.05, 0.1) is 37.5 Å². The Hall–Kier alpha value is -3.49. The van der Waals surface area contributed by atoms with Crippen LogP contribution in [0.2, 0.25) is 0 Å². The largest absolute Gasteiger partial charge is 0.506 e. The molecule has 1 amide bonds. The van der Waals surface area contributed by atoms with Crippen LogP contribution in [0.15, 0.2) is 46.9 Å². The molecule has 2 aromatic heterocycles. The number of nitrogens with zero attached hydrogens (tertiary/aromatic N) is 2. The Balaban J connectivity index is 1.73. The number of nitrogens with one attached hydrogen (secondary N) is 1. The van der Waals surface area contributed by atoms with E-state index in [0.29, 0.717) is 27.3 Å². The molecule has 34 heavy (non-hydrogen) atoms. The highest BCUT2D eigenvalue weighted by molar-refractivity contribution is 7.16. The first-order chi connectivity index (χ1) is 16.1. The monoisotopic (exact) mass is 505 g/mol. The minimum Gasteiger partial charge on any atom is -0.506 e. The van der Waals surface area contributed by atoms with E-state index in [0.717, 1.165) is 34.8 Å². The highest BCUT2D eigenvalue weighted by atomic mass is 32.1. The van der Waals surface area contributed by atoms with Crippen LogP contribution >= 0.6 is 22.7 Å².